The number of likely N-dealkylation sites (tertiary alicyclic amines) is 1. The van der Waals surface area contributed by atoms with Crippen LogP contribution in [-0.2, 0) is 17.7 Å². The Morgan fingerprint density at radius 3 is 2.52 bits per heavy atom. The van der Waals surface area contributed by atoms with Crippen LogP contribution in [-0.4, -0.2) is 60.7 Å². The summed E-state index contributed by atoms with van der Waals surface area (Å²) < 4.78 is 5.48. The number of pyridine rings is 1. The minimum Gasteiger partial charge on any atom is -0.383 e. The van der Waals surface area contributed by atoms with Gasteiger partial charge in [-0.1, -0.05) is 43.3 Å². The molecule has 29 heavy (non-hydrogen) atoms. The summed E-state index contributed by atoms with van der Waals surface area (Å²) in [6.45, 7) is 8.63. The van der Waals surface area contributed by atoms with Gasteiger partial charge in [0.1, 0.15) is 0 Å². The number of aromatic nitrogens is 1. The molecule has 4 heteroatoms. The Bertz CT molecular complexity index is 671. The first-order valence-electron chi connectivity index (χ1n) is 11.2. The predicted molar refractivity (Wildman–Crippen MR) is 120 cm³/mol. The van der Waals surface area contributed by atoms with Gasteiger partial charge in [0, 0.05) is 38.6 Å². The Morgan fingerprint density at radius 2 is 1.86 bits per heavy atom. The maximum atomic E-state index is 5.48. The van der Waals surface area contributed by atoms with E-state index in [9.17, 15) is 0 Å². The van der Waals surface area contributed by atoms with Crippen LogP contribution >= 0.6 is 0 Å². The fourth-order valence-corrected chi connectivity index (χ4v) is 4.62. The first-order chi connectivity index (χ1) is 14.3. The van der Waals surface area contributed by atoms with Crippen LogP contribution in [0.2, 0.25) is 0 Å². The quantitative estimate of drug-likeness (QED) is 0.568. The van der Waals surface area contributed by atoms with Crippen LogP contribution in [0, 0.1) is 5.92 Å². The standard InChI is InChI=1S/C25H37N3O/c1-3-14-27-15-11-24(12-16-27)25(19-22-8-5-4-6-9-22)28(17-18-29-2)21-23-10-7-13-26-20-23/h4-10,13,20,24-25H,3,11-12,14-19,21H2,1-2H3/t25-/m1/s1. The average molecular weight is 396 g/mol. The first-order valence-corrected chi connectivity index (χ1v) is 11.2. The van der Waals surface area contributed by atoms with E-state index in [1.165, 1.54) is 50.0 Å². The van der Waals surface area contributed by atoms with Gasteiger partial charge in [0.15, 0.2) is 0 Å². The van der Waals surface area contributed by atoms with Gasteiger partial charge in [-0.2, -0.15) is 0 Å². The zero-order chi connectivity index (χ0) is 20.3. The van der Waals surface area contributed by atoms with E-state index in [-0.39, 0.29) is 0 Å². The van der Waals surface area contributed by atoms with Crippen molar-refractivity contribution >= 4 is 0 Å². The van der Waals surface area contributed by atoms with Crippen molar-refractivity contribution in [3.8, 4) is 0 Å². The van der Waals surface area contributed by atoms with Crippen molar-refractivity contribution in [2.75, 3.05) is 39.9 Å². The lowest BCUT2D eigenvalue weighted by molar-refractivity contribution is 0.0586. The lowest BCUT2D eigenvalue weighted by atomic mass is 9.84. The smallest absolute Gasteiger partial charge is 0.0589 e. The predicted octanol–water partition coefficient (Wildman–Crippen LogP) is 4.26. The van der Waals surface area contributed by atoms with Gasteiger partial charge in [-0.3, -0.25) is 9.88 Å². The topological polar surface area (TPSA) is 28.6 Å². The average Bonchev–Trinajstić information content (AvgIpc) is 2.77. The van der Waals surface area contributed by atoms with Crippen molar-refractivity contribution in [3.05, 3.63) is 66.0 Å². The van der Waals surface area contributed by atoms with Gasteiger partial charge in [0.05, 0.1) is 6.61 Å². The molecule has 0 spiro atoms. The summed E-state index contributed by atoms with van der Waals surface area (Å²) in [7, 11) is 1.80. The molecule has 2 aromatic rings. The molecule has 0 bridgehead atoms. The Kier molecular flexibility index (Phi) is 9.13. The minimum atomic E-state index is 0.525. The van der Waals surface area contributed by atoms with E-state index in [0.717, 1.165) is 32.0 Å². The van der Waals surface area contributed by atoms with Crippen LogP contribution in [0.1, 0.15) is 37.3 Å². The number of piperidine rings is 1. The van der Waals surface area contributed by atoms with Crippen molar-refractivity contribution in [3.63, 3.8) is 0 Å². The maximum Gasteiger partial charge on any atom is 0.0589 e. The molecule has 1 atom stereocenters. The van der Waals surface area contributed by atoms with Crippen molar-refractivity contribution in [2.45, 2.75) is 45.2 Å². The molecule has 0 N–H and O–H groups in total. The lowest BCUT2D eigenvalue weighted by Gasteiger charge is -2.41. The zero-order valence-electron chi connectivity index (χ0n) is 18.2. The number of hydrogen-bond donors (Lipinski definition) is 0. The largest absolute Gasteiger partial charge is 0.383 e. The van der Waals surface area contributed by atoms with Gasteiger partial charge in [0.2, 0.25) is 0 Å². The molecule has 0 aliphatic carbocycles. The first kappa shape index (κ1) is 21.9. The van der Waals surface area contributed by atoms with E-state index in [1.54, 1.807) is 7.11 Å². The normalized spacial score (nSPS) is 16.9. The van der Waals surface area contributed by atoms with Crippen molar-refractivity contribution < 1.29 is 4.74 Å². The van der Waals surface area contributed by atoms with E-state index in [4.69, 9.17) is 4.74 Å². The molecule has 1 saturated heterocycles. The Balaban J connectivity index is 1.78. The summed E-state index contributed by atoms with van der Waals surface area (Å²) in [6.07, 6.45) is 8.78. The van der Waals surface area contributed by atoms with Gasteiger partial charge in [-0.05, 0) is 68.4 Å². The van der Waals surface area contributed by atoms with Crippen LogP contribution < -0.4 is 0 Å². The second-order valence-electron chi connectivity index (χ2n) is 8.26. The second-order valence-corrected chi connectivity index (χ2v) is 8.26. The van der Waals surface area contributed by atoms with Crippen LogP contribution in [0.5, 0.6) is 0 Å². The summed E-state index contributed by atoms with van der Waals surface area (Å²) in [4.78, 5) is 9.62. The Morgan fingerprint density at radius 1 is 1.10 bits per heavy atom. The van der Waals surface area contributed by atoms with Crippen LogP contribution in [0.4, 0.5) is 0 Å². The highest BCUT2D eigenvalue weighted by molar-refractivity contribution is 5.17. The van der Waals surface area contributed by atoms with Crippen molar-refractivity contribution in [1.82, 2.24) is 14.8 Å². The van der Waals surface area contributed by atoms with Crippen LogP contribution in [0.3, 0.4) is 0 Å². The highest BCUT2D eigenvalue weighted by Gasteiger charge is 2.30. The highest BCUT2D eigenvalue weighted by atomic mass is 16.5. The van der Waals surface area contributed by atoms with Gasteiger partial charge in [-0.25, -0.2) is 0 Å². The number of nitrogens with zero attached hydrogens (tertiary/aromatic N) is 3. The molecule has 2 heterocycles. The maximum absolute atomic E-state index is 5.48. The Hall–Kier alpha value is -1.75. The lowest BCUT2D eigenvalue weighted by Crippen LogP contribution is -2.47. The molecule has 158 valence electrons. The summed E-state index contributed by atoms with van der Waals surface area (Å²) in [6, 6.07) is 15.7. The third-order valence-corrected chi connectivity index (χ3v) is 6.16. The number of methoxy groups -OCH3 is 1. The van der Waals surface area contributed by atoms with Gasteiger partial charge in [-0.15, -0.1) is 0 Å². The molecule has 1 aliphatic heterocycles. The van der Waals surface area contributed by atoms with Gasteiger partial charge in [0.25, 0.3) is 0 Å². The molecule has 1 fully saturated rings. The summed E-state index contributed by atoms with van der Waals surface area (Å²) in [5, 5.41) is 0. The van der Waals surface area contributed by atoms with Gasteiger partial charge < -0.3 is 9.64 Å². The fraction of sp³-hybridized carbons (Fsp3) is 0.560. The zero-order valence-corrected chi connectivity index (χ0v) is 18.2. The summed E-state index contributed by atoms with van der Waals surface area (Å²) >= 11 is 0. The number of hydrogen-bond acceptors (Lipinski definition) is 4. The third-order valence-electron chi connectivity index (χ3n) is 6.16. The molecule has 3 rings (SSSR count). The molecular weight excluding hydrogens is 358 g/mol. The van der Waals surface area contributed by atoms with Gasteiger partial charge >= 0.3 is 0 Å². The summed E-state index contributed by atoms with van der Waals surface area (Å²) in [5.41, 5.74) is 2.71. The van der Waals surface area contributed by atoms with E-state index in [0.29, 0.717) is 6.04 Å². The van der Waals surface area contributed by atoms with Crippen molar-refractivity contribution in [1.29, 1.82) is 0 Å². The minimum absolute atomic E-state index is 0.525. The van der Waals surface area contributed by atoms with Crippen molar-refractivity contribution in [2.24, 2.45) is 5.92 Å². The molecule has 0 radical (unpaired) electrons. The summed E-state index contributed by atoms with van der Waals surface area (Å²) in [5.74, 6) is 0.719. The molecule has 0 saturated carbocycles. The van der Waals surface area contributed by atoms with E-state index in [2.05, 4.69) is 58.1 Å². The molecular formula is C25H37N3O. The molecule has 4 nitrogen and oxygen atoms in total. The third kappa shape index (κ3) is 6.91. The number of ether oxygens (including phenoxy) is 1. The SMILES string of the molecule is CCCN1CCC([C@@H](Cc2ccccc2)N(CCOC)Cc2cccnc2)CC1. The molecule has 0 amide bonds. The molecule has 1 aliphatic rings. The van der Waals surface area contributed by atoms with Crippen LogP contribution in [0.15, 0.2) is 54.9 Å². The molecule has 1 aromatic carbocycles. The highest BCUT2D eigenvalue weighted by Crippen LogP contribution is 2.28. The molecule has 0 unspecified atom stereocenters. The molecule has 1 aromatic heterocycles. The fourth-order valence-electron chi connectivity index (χ4n) is 4.62. The Labute approximate surface area is 176 Å². The monoisotopic (exact) mass is 395 g/mol. The van der Waals surface area contributed by atoms with E-state index >= 15 is 0 Å². The number of rotatable bonds is 11. The van der Waals surface area contributed by atoms with E-state index < -0.39 is 0 Å². The van der Waals surface area contributed by atoms with E-state index in [1.807, 2.05) is 18.5 Å². The number of benzene rings is 1. The van der Waals surface area contributed by atoms with Crippen LogP contribution in [0.25, 0.3) is 0 Å². The second kappa shape index (κ2) is 12.1.